The number of para-hydroxylation sites is 1. The number of aromatic hydroxyl groups is 1. The van der Waals surface area contributed by atoms with Crippen molar-refractivity contribution in [3.63, 3.8) is 0 Å². The van der Waals surface area contributed by atoms with Gasteiger partial charge >= 0.3 is 0 Å². The van der Waals surface area contributed by atoms with E-state index in [1.54, 1.807) is 6.07 Å². The van der Waals surface area contributed by atoms with E-state index in [9.17, 15) is 29.3 Å². The van der Waals surface area contributed by atoms with Crippen LogP contribution in [0.15, 0.2) is 18.2 Å². The quantitative estimate of drug-likeness (QED) is 0.508. The second-order valence-electron chi connectivity index (χ2n) is 6.15. The Morgan fingerprint density at radius 2 is 1.96 bits per heavy atom. The van der Waals surface area contributed by atoms with Crippen LogP contribution in [0.2, 0.25) is 0 Å². The fraction of sp³-hybridized carbons (Fsp3) is 0.471. The molecule has 4 N–H and O–H groups in total. The lowest BCUT2D eigenvalue weighted by molar-refractivity contribution is -0.142. The maximum Gasteiger partial charge on any atom is 0.263 e. The molecule has 0 unspecified atom stereocenters. The molecule has 1 aliphatic heterocycles. The fourth-order valence-corrected chi connectivity index (χ4v) is 2.84. The number of aliphatic hydroxyl groups is 2. The molecule has 1 saturated heterocycles. The molecule has 9 heteroatoms. The maximum absolute atomic E-state index is 13.4. The number of hydrogen-bond acceptors (Lipinski definition) is 7. The number of benzene rings is 1. The number of rotatable bonds is 6. The number of carbonyl (C=O) groups excluding carboxylic acids is 2. The van der Waals surface area contributed by atoms with Crippen LogP contribution in [0.25, 0.3) is 0 Å². The minimum Gasteiger partial charge on any atom is -0.503 e. The van der Waals surface area contributed by atoms with Gasteiger partial charge in [0.05, 0.1) is 5.69 Å². The largest absolute Gasteiger partial charge is 0.503 e. The van der Waals surface area contributed by atoms with Crippen LogP contribution in [0.3, 0.4) is 0 Å². The fourth-order valence-electron chi connectivity index (χ4n) is 2.84. The number of carbonyl (C=O) groups is 2. The van der Waals surface area contributed by atoms with E-state index in [0.717, 1.165) is 6.07 Å². The van der Waals surface area contributed by atoms with Gasteiger partial charge in [-0.05, 0) is 30.9 Å². The van der Waals surface area contributed by atoms with Crippen molar-refractivity contribution in [2.24, 2.45) is 5.92 Å². The normalized spacial score (nSPS) is 17.2. The van der Waals surface area contributed by atoms with Crippen molar-refractivity contribution >= 4 is 17.4 Å². The van der Waals surface area contributed by atoms with Crippen LogP contribution < -0.4 is 10.2 Å². The SMILES string of the molecule is N#CC(=O)[C@H](O)[C@@H](O)C(=O)NCC1CCN(c2cccc(F)c2O)CC1. The molecule has 0 spiro atoms. The Labute approximate surface area is 149 Å². The Morgan fingerprint density at radius 1 is 1.31 bits per heavy atom. The lowest BCUT2D eigenvalue weighted by atomic mass is 9.96. The van der Waals surface area contributed by atoms with Gasteiger partial charge in [-0.2, -0.15) is 5.26 Å². The number of amides is 1. The highest BCUT2D eigenvalue weighted by atomic mass is 19.1. The number of piperidine rings is 1. The first-order valence-electron chi connectivity index (χ1n) is 8.15. The third-order valence-electron chi connectivity index (χ3n) is 4.43. The van der Waals surface area contributed by atoms with Gasteiger partial charge in [0.25, 0.3) is 11.7 Å². The highest BCUT2D eigenvalue weighted by molar-refractivity contribution is 6.00. The van der Waals surface area contributed by atoms with Crippen LogP contribution in [0, 0.1) is 23.1 Å². The first-order chi connectivity index (χ1) is 12.3. The van der Waals surface area contributed by atoms with Crippen molar-refractivity contribution in [1.82, 2.24) is 5.32 Å². The van der Waals surface area contributed by atoms with Crippen LogP contribution in [-0.4, -0.2) is 58.9 Å². The molecule has 140 valence electrons. The number of Topliss-reactive ketones (excluding diaryl/α,β-unsaturated/α-hetero) is 1. The molecule has 2 rings (SSSR count). The Morgan fingerprint density at radius 3 is 2.58 bits per heavy atom. The number of hydrogen-bond donors (Lipinski definition) is 4. The number of ketones is 1. The second-order valence-corrected chi connectivity index (χ2v) is 6.15. The van der Waals surface area contributed by atoms with Crippen LogP contribution in [0.4, 0.5) is 10.1 Å². The zero-order valence-corrected chi connectivity index (χ0v) is 13.9. The predicted molar refractivity (Wildman–Crippen MR) is 88.6 cm³/mol. The summed E-state index contributed by atoms with van der Waals surface area (Å²) in [6.07, 6.45) is -2.75. The molecule has 1 amide bonds. The van der Waals surface area contributed by atoms with E-state index in [1.807, 2.05) is 4.90 Å². The molecule has 1 heterocycles. The highest BCUT2D eigenvalue weighted by Gasteiger charge is 2.30. The summed E-state index contributed by atoms with van der Waals surface area (Å²) in [5, 5.41) is 39.5. The number of phenols is 1. The molecule has 1 aliphatic rings. The summed E-state index contributed by atoms with van der Waals surface area (Å²) in [7, 11) is 0. The molecule has 0 saturated carbocycles. The molecular formula is C17H20FN3O5. The summed E-state index contributed by atoms with van der Waals surface area (Å²) >= 11 is 0. The standard InChI is InChI=1S/C17H20FN3O5/c18-11-2-1-3-12(14(11)23)21-6-4-10(5-7-21)9-20-17(26)16(25)15(24)13(22)8-19/h1-3,10,15-16,23-25H,4-7,9H2,(H,20,26)/t15-,16+/m0/s1. The van der Waals surface area contributed by atoms with E-state index in [2.05, 4.69) is 5.32 Å². The van der Waals surface area contributed by atoms with E-state index in [1.165, 1.54) is 12.1 Å². The number of aliphatic hydroxyl groups excluding tert-OH is 2. The Hall–Kier alpha value is -2.70. The second kappa shape index (κ2) is 8.60. The smallest absolute Gasteiger partial charge is 0.263 e. The first kappa shape index (κ1) is 19.6. The lowest BCUT2D eigenvalue weighted by Gasteiger charge is -2.34. The predicted octanol–water partition coefficient (Wildman–Crippen LogP) is -0.322. The third-order valence-corrected chi connectivity index (χ3v) is 4.43. The minimum absolute atomic E-state index is 0.0851. The van der Waals surface area contributed by atoms with Crippen LogP contribution >= 0.6 is 0 Å². The van der Waals surface area contributed by atoms with Gasteiger partial charge in [0, 0.05) is 19.6 Å². The molecule has 1 aromatic rings. The van der Waals surface area contributed by atoms with Gasteiger partial charge in [0.1, 0.15) is 6.07 Å². The molecule has 26 heavy (non-hydrogen) atoms. The van der Waals surface area contributed by atoms with E-state index >= 15 is 0 Å². The van der Waals surface area contributed by atoms with Gasteiger partial charge in [-0.15, -0.1) is 0 Å². The molecular weight excluding hydrogens is 345 g/mol. The van der Waals surface area contributed by atoms with Gasteiger partial charge in [0.2, 0.25) is 0 Å². The van der Waals surface area contributed by atoms with Crippen LogP contribution in [0.5, 0.6) is 5.75 Å². The summed E-state index contributed by atoms with van der Waals surface area (Å²) in [6, 6.07) is 5.48. The highest BCUT2D eigenvalue weighted by Crippen LogP contribution is 2.32. The van der Waals surface area contributed by atoms with Gasteiger partial charge in [0.15, 0.2) is 23.8 Å². The molecule has 1 fully saturated rings. The molecule has 0 radical (unpaired) electrons. The minimum atomic E-state index is -2.07. The topological polar surface area (TPSA) is 134 Å². The average Bonchev–Trinajstić information content (AvgIpc) is 2.66. The Bertz CT molecular complexity index is 713. The number of phenolic OH excluding ortho intramolecular Hbond substituents is 1. The van der Waals surface area contributed by atoms with Crippen molar-refractivity contribution in [3.05, 3.63) is 24.0 Å². The molecule has 8 nitrogen and oxygen atoms in total. The van der Waals surface area contributed by atoms with Crippen molar-refractivity contribution in [2.75, 3.05) is 24.5 Å². The maximum atomic E-state index is 13.4. The van der Waals surface area contributed by atoms with E-state index in [4.69, 9.17) is 5.26 Å². The van der Waals surface area contributed by atoms with Gasteiger partial charge in [-0.1, -0.05) is 6.07 Å². The molecule has 2 atom stereocenters. The van der Waals surface area contributed by atoms with Gasteiger partial charge in [-0.3, -0.25) is 9.59 Å². The van der Waals surface area contributed by atoms with Crippen molar-refractivity contribution in [3.8, 4) is 11.8 Å². The average molecular weight is 365 g/mol. The summed E-state index contributed by atoms with van der Waals surface area (Å²) in [5.74, 6) is -3.20. The summed E-state index contributed by atoms with van der Waals surface area (Å²) in [4.78, 5) is 24.6. The van der Waals surface area contributed by atoms with Crippen LogP contribution in [-0.2, 0) is 9.59 Å². The zero-order chi connectivity index (χ0) is 19.3. The first-order valence-corrected chi connectivity index (χ1v) is 8.15. The zero-order valence-electron chi connectivity index (χ0n) is 13.9. The summed E-state index contributed by atoms with van der Waals surface area (Å²) in [5.41, 5.74) is 0.418. The molecule has 1 aromatic carbocycles. The van der Waals surface area contributed by atoms with Crippen molar-refractivity contribution in [1.29, 1.82) is 5.26 Å². The Kier molecular flexibility index (Phi) is 6.49. The summed E-state index contributed by atoms with van der Waals surface area (Å²) in [6.45, 7) is 1.33. The molecule has 0 aliphatic carbocycles. The third kappa shape index (κ3) is 4.47. The van der Waals surface area contributed by atoms with E-state index in [0.29, 0.717) is 31.6 Å². The van der Waals surface area contributed by atoms with Crippen molar-refractivity contribution < 1.29 is 29.3 Å². The number of nitriles is 1. The number of nitrogens with zero attached hydrogens (tertiary/aromatic N) is 2. The number of anilines is 1. The number of halogens is 1. The van der Waals surface area contributed by atoms with E-state index in [-0.39, 0.29) is 12.5 Å². The lowest BCUT2D eigenvalue weighted by Crippen LogP contribution is -2.47. The summed E-state index contributed by atoms with van der Waals surface area (Å²) < 4.78 is 13.4. The van der Waals surface area contributed by atoms with Crippen LogP contribution in [0.1, 0.15) is 12.8 Å². The van der Waals surface area contributed by atoms with Gasteiger partial charge < -0.3 is 25.5 Å². The Balaban J connectivity index is 1.82. The number of nitrogens with one attached hydrogen (secondary N) is 1. The van der Waals surface area contributed by atoms with Crippen molar-refractivity contribution in [2.45, 2.75) is 25.0 Å². The monoisotopic (exact) mass is 365 g/mol. The van der Waals surface area contributed by atoms with Gasteiger partial charge in [-0.25, -0.2) is 4.39 Å². The molecule has 0 aromatic heterocycles. The van der Waals surface area contributed by atoms with E-state index < -0.39 is 35.5 Å². The molecule has 0 bridgehead atoms.